The second kappa shape index (κ2) is 7.57. The third-order valence-electron chi connectivity index (χ3n) is 4.15. The van der Waals surface area contributed by atoms with Crippen molar-refractivity contribution in [3.8, 4) is 0 Å². The highest BCUT2D eigenvalue weighted by atomic mass is 32.1. The van der Waals surface area contributed by atoms with Gasteiger partial charge in [0.25, 0.3) is 0 Å². The zero-order valence-electron chi connectivity index (χ0n) is 13.4. The van der Waals surface area contributed by atoms with Crippen molar-refractivity contribution in [3.63, 3.8) is 0 Å². The fraction of sp³-hybridized carbons (Fsp3) is 0.316. The lowest BCUT2D eigenvalue weighted by atomic mass is 10.00. The number of hydrogen-bond acceptors (Lipinski definition) is 3. The lowest BCUT2D eigenvalue weighted by molar-refractivity contribution is -0.122. The molecule has 0 fully saturated rings. The predicted octanol–water partition coefficient (Wildman–Crippen LogP) is 3.71. The minimum atomic E-state index is 0.0858. The van der Waals surface area contributed by atoms with Crippen LogP contribution in [0.3, 0.4) is 0 Å². The smallest absolute Gasteiger partial charge is 0.234 e. The van der Waals surface area contributed by atoms with Gasteiger partial charge < -0.3 is 5.32 Å². The molecule has 0 radical (unpaired) electrons. The normalized spacial score (nSPS) is 16.7. The Morgan fingerprint density at radius 2 is 2.09 bits per heavy atom. The van der Waals surface area contributed by atoms with Gasteiger partial charge in [0.1, 0.15) is 0 Å². The molecule has 1 aliphatic rings. The number of hydrogen-bond donors (Lipinski definition) is 1. The summed E-state index contributed by atoms with van der Waals surface area (Å²) in [6.07, 6.45) is 3.24. The Labute approximate surface area is 141 Å². The molecule has 0 bridgehead atoms. The van der Waals surface area contributed by atoms with Gasteiger partial charge in [0.2, 0.25) is 5.91 Å². The van der Waals surface area contributed by atoms with E-state index in [1.54, 1.807) is 11.3 Å². The first-order valence-electron chi connectivity index (χ1n) is 8.02. The van der Waals surface area contributed by atoms with E-state index in [1.165, 1.54) is 16.0 Å². The van der Waals surface area contributed by atoms with E-state index in [9.17, 15) is 4.79 Å². The summed E-state index contributed by atoms with van der Waals surface area (Å²) in [7, 11) is 0. The fourth-order valence-electron chi connectivity index (χ4n) is 2.87. The van der Waals surface area contributed by atoms with Gasteiger partial charge >= 0.3 is 0 Å². The van der Waals surface area contributed by atoms with Crippen molar-refractivity contribution >= 4 is 22.8 Å². The average molecular weight is 326 g/mol. The van der Waals surface area contributed by atoms with Crippen LogP contribution in [0.4, 0.5) is 0 Å². The fourth-order valence-corrected chi connectivity index (χ4v) is 3.60. The van der Waals surface area contributed by atoms with Gasteiger partial charge in [-0.05, 0) is 35.9 Å². The number of rotatable bonds is 5. The van der Waals surface area contributed by atoms with E-state index in [-0.39, 0.29) is 11.9 Å². The van der Waals surface area contributed by atoms with Crippen molar-refractivity contribution in [2.24, 2.45) is 0 Å². The predicted molar refractivity (Wildman–Crippen MR) is 96.4 cm³/mol. The lowest BCUT2D eigenvalue weighted by Crippen LogP contribution is -2.39. The van der Waals surface area contributed by atoms with Crippen molar-refractivity contribution in [3.05, 3.63) is 64.4 Å². The third kappa shape index (κ3) is 4.30. The van der Waals surface area contributed by atoms with E-state index >= 15 is 0 Å². The van der Waals surface area contributed by atoms with E-state index in [2.05, 4.69) is 46.6 Å². The van der Waals surface area contributed by atoms with Crippen molar-refractivity contribution in [2.45, 2.75) is 19.4 Å². The molecule has 3 nitrogen and oxygen atoms in total. The minimum Gasteiger partial charge on any atom is -0.348 e. The molecular weight excluding hydrogens is 304 g/mol. The van der Waals surface area contributed by atoms with Crippen molar-refractivity contribution < 1.29 is 4.79 Å². The highest BCUT2D eigenvalue weighted by molar-refractivity contribution is 7.10. The molecule has 0 saturated carbocycles. The second-order valence-electron chi connectivity index (χ2n) is 5.89. The first-order valence-corrected chi connectivity index (χ1v) is 8.90. The monoisotopic (exact) mass is 326 g/mol. The van der Waals surface area contributed by atoms with Crippen LogP contribution in [-0.4, -0.2) is 30.4 Å². The Kier molecular flexibility index (Phi) is 5.26. The Balaban J connectivity index is 1.50. The Morgan fingerprint density at radius 3 is 2.74 bits per heavy atom. The molecule has 0 unspecified atom stereocenters. The van der Waals surface area contributed by atoms with E-state index < -0.39 is 0 Å². The van der Waals surface area contributed by atoms with Crippen LogP contribution in [0.15, 0.2) is 53.9 Å². The van der Waals surface area contributed by atoms with Crippen LogP contribution in [0, 0.1) is 0 Å². The number of amides is 1. The number of benzene rings is 1. The summed E-state index contributed by atoms with van der Waals surface area (Å²) in [5, 5.41) is 5.12. The third-order valence-corrected chi connectivity index (χ3v) is 5.21. The number of nitrogens with zero attached hydrogens (tertiary/aromatic N) is 1. The van der Waals surface area contributed by atoms with Gasteiger partial charge in [-0.2, -0.15) is 0 Å². The Bertz CT molecular complexity index is 664. The molecule has 3 rings (SSSR count). The number of carbonyl (C=O) groups excluding carboxylic acids is 1. The molecule has 0 aliphatic carbocycles. The van der Waals surface area contributed by atoms with Crippen LogP contribution in [0.25, 0.3) is 5.57 Å². The van der Waals surface area contributed by atoms with Crippen LogP contribution in [0.5, 0.6) is 0 Å². The summed E-state index contributed by atoms with van der Waals surface area (Å²) in [5.74, 6) is 0.0995. The highest BCUT2D eigenvalue weighted by Crippen LogP contribution is 2.22. The van der Waals surface area contributed by atoms with Crippen LogP contribution in [0.2, 0.25) is 0 Å². The summed E-state index contributed by atoms with van der Waals surface area (Å²) >= 11 is 1.68. The first-order chi connectivity index (χ1) is 11.2. The van der Waals surface area contributed by atoms with E-state index in [1.807, 2.05) is 24.4 Å². The van der Waals surface area contributed by atoms with Gasteiger partial charge in [-0.3, -0.25) is 9.69 Å². The SMILES string of the molecule is C[C@@H](NC(=O)CN1CC=C(c2ccccc2)CC1)c1cccs1. The highest BCUT2D eigenvalue weighted by Gasteiger charge is 2.17. The Hall–Kier alpha value is -1.91. The molecule has 1 aliphatic heterocycles. The maximum atomic E-state index is 12.2. The standard InChI is InChI=1S/C19H22N2OS/c1-15(18-8-5-13-23-18)20-19(22)14-21-11-9-17(10-12-21)16-6-3-2-4-7-16/h2-9,13,15H,10-12,14H2,1H3,(H,20,22)/t15-/m1/s1. The molecule has 0 spiro atoms. The van der Waals surface area contributed by atoms with Crippen molar-refractivity contribution in [1.29, 1.82) is 0 Å². The van der Waals surface area contributed by atoms with E-state index in [0.29, 0.717) is 6.54 Å². The molecule has 1 N–H and O–H groups in total. The molecule has 4 heteroatoms. The summed E-state index contributed by atoms with van der Waals surface area (Å²) in [6.45, 7) is 4.27. The van der Waals surface area contributed by atoms with Gasteiger partial charge in [0, 0.05) is 18.0 Å². The molecule has 120 valence electrons. The summed E-state index contributed by atoms with van der Waals surface area (Å²) in [5.41, 5.74) is 2.68. The molecular formula is C19H22N2OS. The number of thiophene rings is 1. The van der Waals surface area contributed by atoms with Gasteiger partial charge in [-0.1, -0.05) is 42.5 Å². The van der Waals surface area contributed by atoms with Gasteiger partial charge in [-0.25, -0.2) is 0 Å². The zero-order valence-corrected chi connectivity index (χ0v) is 14.2. The van der Waals surface area contributed by atoms with Crippen LogP contribution >= 0.6 is 11.3 Å². The summed E-state index contributed by atoms with van der Waals surface area (Å²) in [4.78, 5) is 15.6. The molecule has 0 saturated heterocycles. The molecule has 2 heterocycles. The van der Waals surface area contributed by atoms with Gasteiger partial charge in [-0.15, -0.1) is 11.3 Å². The molecule has 2 aromatic rings. The lowest BCUT2D eigenvalue weighted by Gasteiger charge is -2.26. The number of carbonyl (C=O) groups is 1. The van der Waals surface area contributed by atoms with Gasteiger partial charge in [0.05, 0.1) is 12.6 Å². The molecule has 1 amide bonds. The quantitative estimate of drug-likeness (QED) is 0.908. The topological polar surface area (TPSA) is 32.3 Å². The molecule has 1 aromatic heterocycles. The van der Waals surface area contributed by atoms with Crippen LogP contribution in [-0.2, 0) is 4.79 Å². The van der Waals surface area contributed by atoms with E-state index in [0.717, 1.165) is 19.5 Å². The maximum Gasteiger partial charge on any atom is 0.234 e. The zero-order chi connectivity index (χ0) is 16.1. The van der Waals surface area contributed by atoms with Gasteiger partial charge in [0.15, 0.2) is 0 Å². The van der Waals surface area contributed by atoms with Crippen LogP contribution < -0.4 is 5.32 Å². The molecule has 23 heavy (non-hydrogen) atoms. The van der Waals surface area contributed by atoms with Crippen LogP contribution in [0.1, 0.15) is 29.8 Å². The summed E-state index contributed by atoms with van der Waals surface area (Å²) < 4.78 is 0. The number of nitrogens with one attached hydrogen (secondary N) is 1. The van der Waals surface area contributed by atoms with Crippen molar-refractivity contribution in [1.82, 2.24) is 10.2 Å². The average Bonchev–Trinajstić information content (AvgIpc) is 3.11. The minimum absolute atomic E-state index is 0.0858. The van der Waals surface area contributed by atoms with Crippen molar-refractivity contribution in [2.75, 3.05) is 19.6 Å². The largest absolute Gasteiger partial charge is 0.348 e. The Morgan fingerprint density at radius 1 is 1.26 bits per heavy atom. The molecule has 1 atom stereocenters. The summed E-state index contributed by atoms with van der Waals surface area (Å²) in [6, 6.07) is 14.6. The second-order valence-corrected chi connectivity index (χ2v) is 6.86. The van der Waals surface area contributed by atoms with E-state index in [4.69, 9.17) is 0 Å². The molecule has 1 aromatic carbocycles. The first kappa shape index (κ1) is 16.0. The maximum absolute atomic E-state index is 12.2.